The molecule has 0 atom stereocenters. The third-order valence-electron chi connectivity index (χ3n) is 4.39. The first-order valence-corrected chi connectivity index (χ1v) is 8.43. The number of amides is 3. The van der Waals surface area contributed by atoms with Gasteiger partial charge in [-0.25, -0.2) is 9.78 Å². The van der Waals surface area contributed by atoms with Gasteiger partial charge in [-0.15, -0.1) is 0 Å². The highest BCUT2D eigenvalue weighted by molar-refractivity contribution is 5.75. The monoisotopic (exact) mass is 342 g/mol. The number of nitrogens with one attached hydrogen (secondary N) is 1. The van der Waals surface area contributed by atoms with Crippen LogP contribution in [0.1, 0.15) is 25.2 Å². The van der Waals surface area contributed by atoms with E-state index in [0.717, 1.165) is 18.4 Å². The topological polar surface area (TPSA) is 101 Å². The fourth-order valence-corrected chi connectivity index (χ4v) is 3.02. The smallest absolute Gasteiger partial charge is 0.317 e. The van der Waals surface area contributed by atoms with Crippen LogP contribution in [0, 0.1) is 5.92 Å². The molecule has 0 unspecified atom stereocenters. The summed E-state index contributed by atoms with van der Waals surface area (Å²) in [4.78, 5) is 29.1. The Kier molecular flexibility index (Phi) is 5.33. The number of carbonyl (C=O) groups excluding carboxylic acids is 2. The highest BCUT2D eigenvalue weighted by Gasteiger charge is 2.23. The summed E-state index contributed by atoms with van der Waals surface area (Å²) >= 11 is 0. The maximum Gasteiger partial charge on any atom is 0.317 e. The molecule has 3 N–H and O–H groups in total. The van der Waals surface area contributed by atoms with E-state index >= 15 is 0 Å². The number of piperidine rings is 1. The molecule has 2 aromatic rings. The van der Waals surface area contributed by atoms with Gasteiger partial charge in [0.2, 0.25) is 11.8 Å². The fraction of sp³-hybridized carbons (Fsp3) is 0.389. The minimum absolute atomic E-state index is 0.142. The van der Waals surface area contributed by atoms with Crippen LogP contribution < -0.4 is 11.1 Å². The second-order valence-electron chi connectivity index (χ2n) is 6.24. The van der Waals surface area contributed by atoms with E-state index in [9.17, 15) is 9.59 Å². The Morgan fingerprint density at radius 1 is 1.24 bits per heavy atom. The Morgan fingerprint density at radius 3 is 2.64 bits per heavy atom. The van der Waals surface area contributed by atoms with Crippen molar-refractivity contribution in [3.05, 3.63) is 42.4 Å². The number of carbonyl (C=O) groups is 2. The van der Waals surface area contributed by atoms with Gasteiger partial charge in [-0.1, -0.05) is 30.3 Å². The van der Waals surface area contributed by atoms with Crippen molar-refractivity contribution in [3.8, 4) is 11.3 Å². The molecule has 0 radical (unpaired) electrons. The SMILES string of the molecule is NC(=O)CC1CCN(C(=O)NCc2ncc(-c3ccccc3)o2)CC1. The van der Waals surface area contributed by atoms with Crippen molar-refractivity contribution in [2.75, 3.05) is 13.1 Å². The van der Waals surface area contributed by atoms with Gasteiger partial charge in [-0.05, 0) is 18.8 Å². The number of benzene rings is 1. The second kappa shape index (κ2) is 7.83. The molecule has 0 spiro atoms. The molecule has 1 aromatic carbocycles. The number of primary amides is 1. The van der Waals surface area contributed by atoms with Gasteiger partial charge in [0.15, 0.2) is 5.76 Å². The number of nitrogens with two attached hydrogens (primary N) is 1. The predicted octanol–water partition coefficient (Wildman–Crippen LogP) is 2.14. The average molecular weight is 342 g/mol. The lowest BCUT2D eigenvalue weighted by Crippen LogP contribution is -2.44. The standard InChI is InChI=1S/C18H22N4O3/c19-16(23)10-13-6-8-22(9-7-13)18(24)21-12-17-20-11-15(25-17)14-4-2-1-3-5-14/h1-5,11,13H,6-10,12H2,(H2,19,23)(H,21,24). The molecular formula is C18H22N4O3. The molecule has 0 aliphatic carbocycles. The number of aromatic nitrogens is 1. The van der Waals surface area contributed by atoms with Crippen LogP contribution >= 0.6 is 0 Å². The lowest BCUT2D eigenvalue weighted by Gasteiger charge is -2.31. The first-order chi connectivity index (χ1) is 12.1. The van der Waals surface area contributed by atoms with Gasteiger partial charge in [-0.3, -0.25) is 4.79 Å². The van der Waals surface area contributed by atoms with E-state index in [1.807, 2.05) is 30.3 Å². The number of likely N-dealkylation sites (tertiary alicyclic amines) is 1. The van der Waals surface area contributed by atoms with E-state index in [-0.39, 0.29) is 24.4 Å². The van der Waals surface area contributed by atoms with E-state index in [0.29, 0.717) is 31.2 Å². The Balaban J connectivity index is 1.47. The van der Waals surface area contributed by atoms with Crippen LogP contribution in [-0.2, 0) is 11.3 Å². The molecule has 1 aliphatic rings. The summed E-state index contributed by atoms with van der Waals surface area (Å²) in [7, 11) is 0. The van der Waals surface area contributed by atoms with Crippen LogP contribution in [0.3, 0.4) is 0 Å². The molecule has 1 saturated heterocycles. The van der Waals surface area contributed by atoms with Gasteiger partial charge < -0.3 is 20.4 Å². The molecule has 3 rings (SSSR count). The van der Waals surface area contributed by atoms with Crippen molar-refractivity contribution in [3.63, 3.8) is 0 Å². The molecule has 1 aliphatic heterocycles. The summed E-state index contributed by atoms with van der Waals surface area (Å²) in [5.41, 5.74) is 6.17. The summed E-state index contributed by atoms with van der Waals surface area (Å²) in [6.45, 7) is 1.50. The molecule has 132 valence electrons. The largest absolute Gasteiger partial charge is 0.439 e. The second-order valence-corrected chi connectivity index (χ2v) is 6.24. The van der Waals surface area contributed by atoms with Crippen LogP contribution in [0.25, 0.3) is 11.3 Å². The summed E-state index contributed by atoms with van der Waals surface area (Å²) in [6.07, 6.45) is 3.65. The number of oxazole rings is 1. The molecule has 1 aromatic heterocycles. The van der Waals surface area contributed by atoms with Crippen LogP contribution in [-0.4, -0.2) is 34.9 Å². The van der Waals surface area contributed by atoms with Gasteiger partial charge in [0.05, 0.1) is 12.7 Å². The minimum atomic E-state index is -0.277. The molecule has 0 bridgehead atoms. The van der Waals surface area contributed by atoms with Crippen molar-refractivity contribution >= 4 is 11.9 Å². The number of nitrogens with zero attached hydrogens (tertiary/aromatic N) is 2. The fourth-order valence-electron chi connectivity index (χ4n) is 3.02. The normalized spacial score (nSPS) is 15.1. The van der Waals surface area contributed by atoms with Crippen LogP contribution in [0.5, 0.6) is 0 Å². The first kappa shape index (κ1) is 17.0. The van der Waals surface area contributed by atoms with Gasteiger partial charge in [0, 0.05) is 25.1 Å². The minimum Gasteiger partial charge on any atom is -0.439 e. The van der Waals surface area contributed by atoms with Crippen molar-refractivity contribution in [1.82, 2.24) is 15.2 Å². The lowest BCUT2D eigenvalue weighted by atomic mass is 9.93. The lowest BCUT2D eigenvalue weighted by molar-refractivity contribution is -0.119. The summed E-state index contributed by atoms with van der Waals surface area (Å²) < 4.78 is 5.67. The van der Waals surface area contributed by atoms with Crippen LogP contribution in [0.2, 0.25) is 0 Å². The maximum absolute atomic E-state index is 12.2. The molecular weight excluding hydrogens is 320 g/mol. The zero-order valence-electron chi connectivity index (χ0n) is 14.0. The Bertz CT molecular complexity index is 721. The Hall–Kier alpha value is -2.83. The summed E-state index contributed by atoms with van der Waals surface area (Å²) in [5.74, 6) is 1.15. The molecule has 0 saturated carbocycles. The van der Waals surface area contributed by atoms with E-state index in [1.165, 1.54) is 0 Å². The molecule has 7 nitrogen and oxygen atoms in total. The highest BCUT2D eigenvalue weighted by Crippen LogP contribution is 2.21. The zero-order chi connectivity index (χ0) is 17.6. The molecule has 3 amide bonds. The maximum atomic E-state index is 12.2. The average Bonchev–Trinajstić information content (AvgIpc) is 3.10. The van der Waals surface area contributed by atoms with Crippen LogP contribution in [0.4, 0.5) is 4.79 Å². The van der Waals surface area contributed by atoms with Gasteiger partial charge in [-0.2, -0.15) is 0 Å². The van der Waals surface area contributed by atoms with Crippen molar-refractivity contribution in [2.24, 2.45) is 11.7 Å². The third-order valence-corrected chi connectivity index (χ3v) is 4.39. The molecule has 25 heavy (non-hydrogen) atoms. The van der Waals surface area contributed by atoms with Gasteiger partial charge in [0.1, 0.15) is 0 Å². The van der Waals surface area contributed by atoms with E-state index in [1.54, 1.807) is 11.1 Å². The Labute approximate surface area is 146 Å². The zero-order valence-corrected chi connectivity index (χ0v) is 14.0. The van der Waals surface area contributed by atoms with E-state index < -0.39 is 0 Å². The number of urea groups is 1. The van der Waals surface area contributed by atoms with Gasteiger partial charge in [0.25, 0.3) is 0 Å². The molecule has 7 heteroatoms. The van der Waals surface area contributed by atoms with Crippen molar-refractivity contribution in [1.29, 1.82) is 0 Å². The number of hydrogen-bond acceptors (Lipinski definition) is 4. The predicted molar refractivity (Wildman–Crippen MR) is 92.3 cm³/mol. The van der Waals surface area contributed by atoms with Gasteiger partial charge >= 0.3 is 6.03 Å². The van der Waals surface area contributed by atoms with E-state index in [4.69, 9.17) is 10.2 Å². The summed E-state index contributed by atoms with van der Waals surface area (Å²) in [6, 6.07) is 9.55. The first-order valence-electron chi connectivity index (χ1n) is 8.43. The quantitative estimate of drug-likeness (QED) is 0.869. The van der Waals surface area contributed by atoms with Crippen LogP contribution in [0.15, 0.2) is 40.9 Å². The number of rotatable bonds is 5. The molecule has 1 fully saturated rings. The van der Waals surface area contributed by atoms with Crippen molar-refractivity contribution in [2.45, 2.75) is 25.8 Å². The Morgan fingerprint density at radius 2 is 1.96 bits per heavy atom. The molecule has 2 heterocycles. The van der Waals surface area contributed by atoms with E-state index in [2.05, 4.69) is 10.3 Å². The highest BCUT2D eigenvalue weighted by atomic mass is 16.4. The summed E-state index contributed by atoms with van der Waals surface area (Å²) in [5, 5.41) is 2.83. The third kappa shape index (κ3) is 4.59. The van der Waals surface area contributed by atoms with Crippen molar-refractivity contribution < 1.29 is 14.0 Å². The number of hydrogen-bond donors (Lipinski definition) is 2.